The minimum absolute atomic E-state index is 0.154. The second kappa shape index (κ2) is 6.57. The zero-order valence-electron chi connectivity index (χ0n) is 12.5. The molecule has 0 aromatic heterocycles. The third-order valence-corrected chi connectivity index (χ3v) is 4.37. The maximum Gasteiger partial charge on any atom is 0.304 e. The highest BCUT2D eigenvalue weighted by Gasteiger charge is 2.35. The van der Waals surface area contributed by atoms with E-state index in [9.17, 15) is 9.59 Å². The fourth-order valence-corrected chi connectivity index (χ4v) is 2.88. The Labute approximate surface area is 120 Å². The molecule has 1 atom stereocenters. The molecule has 5 nitrogen and oxygen atoms in total. The molecule has 114 valence electrons. The van der Waals surface area contributed by atoms with Crippen molar-refractivity contribution in [3.8, 4) is 0 Å². The molecule has 1 heterocycles. The van der Waals surface area contributed by atoms with E-state index in [2.05, 4.69) is 23.6 Å². The van der Waals surface area contributed by atoms with Gasteiger partial charge in [-0.1, -0.05) is 13.8 Å². The molecule has 1 saturated heterocycles. The van der Waals surface area contributed by atoms with Gasteiger partial charge in [0.15, 0.2) is 0 Å². The van der Waals surface area contributed by atoms with Crippen LogP contribution in [0, 0.1) is 11.8 Å². The molecule has 0 aromatic rings. The third-order valence-electron chi connectivity index (χ3n) is 4.37. The Bertz CT molecular complexity index is 366. The van der Waals surface area contributed by atoms with E-state index in [1.165, 1.54) is 12.8 Å². The lowest BCUT2D eigenvalue weighted by Gasteiger charge is -2.34. The molecule has 1 aliphatic carbocycles. The molecule has 2 fully saturated rings. The van der Waals surface area contributed by atoms with E-state index in [0.717, 1.165) is 13.1 Å². The molecule has 0 aromatic carbocycles. The smallest absolute Gasteiger partial charge is 0.304 e. The first-order valence-corrected chi connectivity index (χ1v) is 7.71. The quantitative estimate of drug-likeness (QED) is 0.800. The van der Waals surface area contributed by atoms with Crippen molar-refractivity contribution in [2.45, 2.75) is 45.6 Å². The number of hydrogen-bond donors (Lipinski definition) is 1. The normalized spacial score (nSPS) is 25.1. The van der Waals surface area contributed by atoms with Crippen LogP contribution in [-0.2, 0) is 9.59 Å². The van der Waals surface area contributed by atoms with Crippen LogP contribution in [0.25, 0.3) is 0 Å². The zero-order chi connectivity index (χ0) is 14.7. The summed E-state index contributed by atoms with van der Waals surface area (Å²) in [5.74, 6) is 0.582. The Morgan fingerprint density at radius 1 is 1.40 bits per heavy atom. The SMILES string of the molecule is CC(C)[C@@H]1CN(CCC(=O)O)CCC(=O)N1CC1CC1. The minimum atomic E-state index is -0.767. The van der Waals surface area contributed by atoms with Crippen LogP contribution in [0.3, 0.4) is 0 Å². The second-order valence-electron chi connectivity index (χ2n) is 6.50. The molecular weight excluding hydrogens is 256 g/mol. The van der Waals surface area contributed by atoms with Gasteiger partial charge in [-0.15, -0.1) is 0 Å². The van der Waals surface area contributed by atoms with Crippen LogP contribution >= 0.6 is 0 Å². The molecule has 20 heavy (non-hydrogen) atoms. The summed E-state index contributed by atoms with van der Waals surface area (Å²) in [7, 11) is 0. The number of amides is 1. The van der Waals surface area contributed by atoms with Gasteiger partial charge in [0.1, 0.15) is 0 Å². The predicted octanol–water partition coefficient (Wildman–Crippen LogP) is 1.43. The van der Waals surface area contributed by atoms with Crippen LogP contribution in [0.5, 0.6) is 0 Å². The lowest BCUT2D eigenvalue weighted by atomic mass is 10.0. The maximum atomic E-state index is 12.4. The highest BCUT2D eigenvalue weighted by Crippen LogP contribution is 2.32. The van der Waals surface area contributed by atoms with Gasteiger partial charge in [0.25, 0.3) is 0 Å². The first-order chi connectivity index (χ1) is 9.47. The van der Waals surface area contributed by atoms with Crippen LogP contribution in [0.4, 0.5) is 0 Å². The molecular formula is C15H26N2O3. The zero-order valence-corrected chi connectivity index (χ0v) is 12.5. The van der Waals surface area contributed by atoms with E-state index in [1.807, 2.05) is 0 Å². The number of carbonyl (C=O) groups is 2. The molecule has 2 rings (SSSR count). The fourth-order valence-electron chi connectivity index (χ4n) is 2.88. The largest absolute Gasteiger partial charge is 0.481 e. The first-order valence-electron chi connectivity index (χ1n) is 7.71. The number of rotatable bonds is 6. The third kappa shape index (κ3) is 4.20. The van der Waals surface area contributed by atoms with Gasteiger partial charge in [0.2, 0.25) is 5.91 Å². The Kier molecular flexibility index (Phi) is 5.02. The van der Waals surface area contributed by atoms with E-state index < -0.39 is 5.97 Å². The van der Waals surface area contributed by atoms with Crippen molar-refractivity contribution < 1.29 is 14.7 Å². The average molecular weight is 282 g/mol. The summed E-state index contributed by atoms with van der Waals surface area (Å²) in [5, 5.41) is 8.82. The summed E-state index contributed by atoms with van der Waals surface area (Å²) in [6, 6.07) is 0.222. The van der Waals surface area contributed by atoms with Gasteiger partial charge < -0.3 is 14.9 Å². The van der Waals surface area contributed by atoms with E-state index in [1.54, 1.807) is 0 Å². The summed E-state index contributed by atoms with van der Waals surface area (Å²) < 4.78 is 0. The lowest BCUT2D eigenvalue weighted by Crippen LogP contribution is -2.47. The van der Waals surface area contributed by atoms with Gasteiger partial charge in [-0.2, -0.15) is 0 Å². The fraction of sp³-hybridized carbons (Fsp3) is 0.867. The van der Waals surface area contributed by atoms with Crippen molar-refractivity contribution in [3.63, 3.8) is 0 Å². The van der Waals surface area contributed by atoms with Crippen LogP contribution in [0.2, 0.25) is 0 Å². The number of nitrogens with zero attached hydrogens (tertiary/aromatic N) is 2. The molecule has 0 unspecified atom stereocenters. The molecule has 1 saturated carbocycles. The second-order valence-corrected chi connectivity index (χ2v) is 6.50. The van der Waals surface area contributed by atoms with Crippen LogP contribution < -0.4 is 0 Å². The predicted molar refractivity (Wildman–Crippen MR) is 76.4 cm³/mol. The molecule has 1 aliphatic heterocycles. The number of carboxylic acids is 1. The maximum absolute atomic E-state index is 12.4. The van der Waals surface area contributed by atoms with Crippen molar-refractivity contribution in [3.05, 3.63) is 0 Å². The monoisotopic (exact) mass is 282 g/mol. The molecule has 1 N–H and O–H groups in total. The highest BCUT2D eigenvalue weighted by atomic mass is 16.4. The average Bonchev–Trinajstić information content (AvgIpc) is 3.18. The van der Waals surface area contributed by atoms with Crippen LogP contribution in [0.1, 0.15) is 39.5 Å². The molecule has 5 heteroatoms. The summed E-state index contributed by atoms with van der Waals surface area (Å²) in [6.45, 7) is 7.24. The standard InChI is InChI=1S/C15H26N2O3/c1-11(2)13-10-16(8-6-15(19)20)7-5-14(18)17(13)9-12-3-4-12/h11-13H,3-10H2,1-2H3,(H,19,20)/t13-/m0/s1. The number of aliphatic carboxylic acids is 1. The summed E-state index contributed by atoms with van der Waals surface area (Å²) in [5.41, 5.74) is 0. The Hall–Kier alpha value is -1.10. The Morgan fingerprint density at radius 3 is 2.65 bits per heavy atom. The van der Waals surface area contributed by atoms with Gasteiger partial charge in [0, 0.05) is 38.6 Å². The lowest BCUT2D eigenvalue weighted by molar-refractivity contribution is -0.137. The van der Waals surface area contributed by atoms with Crippen LogP contribution in [0.15, 0.2) is 0 Å². The van der Waals surface area contributed by atoms with Crippen molar-refractivity contribution in [1.29, 1.82) is 0 Å². The number of hydrogen-bond acceptors (Lipinski definition) is 3. The first kappa shape index (κ1) is 15.3. The Balaban J connectivity index is 2.01. The molecule has 0 radical (unpaired) electrons. The summed E-state index contributed by atoms with van der Waals surface area (Å²) >= 11 is 0. The summed E-state index contributed by atoms with van der Waals surface area (Å²) in [4.78, 5) is 27.3. The van der Waals surface area contributed by atoms with Crippen molar-refractivity contribution >= 4 is 11.9 Å². The topological polar surface area (TPSA) is 60.9 Å². The van der Waals surface area contributed by atoms with Gasteiger partial charge in [-0.25, -0.2) is 0 Å². The van der Waals surface area contributed by atoms with Crippen molar-refractivity contribution in [1.82, 2.24) is 9.80 Å². The van der Waals surface area contributed by atoms with E-state index in [-0.39, 0.29) is 18.4 Å². The van der Waals surface area contributed by atoms with Gasteiger partial charge in [-0.3, -0.25) is 9.59 Å². The van der Waals surface area contributed by atoms with E-state index >= 15 is 0 Å². The highest BCUT2D eigenvalue weighted by molar-refractivity contribution is 5.77. The number of carbonyl (C=O) groups excluding carboxylic acids is 1. The number of carboxylic acid groups (broad SMARTS) is 1. The van der Waals surface area contributed by atoms with E-state index in [4.69, 9.17) is 5.11 Å². The van der Waals surface area contributed by atoms with Crippen molar-refractivity contribution in [2.24, 2.45) is 11.8 Å². The Morgan fingerprint density at radius 2 is 2.10 bits per heavy atom. The molecule has 0 spiro atoms. The van der Waals surface area contributed by atoms with E-state index in [0.29, 0.717) is 31.3 Å². The van der Waals surface area contributed by atoms with Gasteiger partial charge in [0.05, 0.1) is 6.42 Å². The van der Waals surface area contributed by atoms with Crippen LogP contribution in [-0.4, -0.2) is 59.0 Å². The summed E-state index contributed by atoms with van der Waals surface area (Å²) in [6.07, 6.45) is 3.17. The van der Waals surface area contributed by atoms with Crippen molar-refractivity contribution in [2.75, 3.05) is 26.2 Å². The molecule has 2 aliphatic rings. The molecule has 1 amide bonds. The van der Waals surface area contributed by atoms with Gasteiger partial charge >= 0.3 is 5.97 Å². The minimum Gasteiger partial charge on any atom is -0.481 e. The van der Waals surface area contributed by atoms with Gasteiger partial charge in [-0.05, 0) is 24.7 Å². The molecule has 0 bridgehead atoms.